The van der Waals surface area contributed by atoms with Crippen LogP contribution in [0.1, 0.15) is 29.1 Å². The molecule has 0 spiro atoms. The molecule has 6 heteroatoms. The van der Waals surface area contributed by atoms with Crippen molar-refractivity contribution < 1.29 is 14.1 Å². The molecule has 1 aliphatic rings. The molecule has 0 atom stereocenters. The molecule has 1 aliphatic carbocycles. The molecule has 0 aliphatic heterocycles. The lowest BCUT2D eigenvalue weighted by Crippen LogP contribution is -2.37. The molecule has 2 rings (SSSR count). The van der Waals surface area contributed by atoms with Gasteiger partial charge in [-0.2, -0.15) is 0 Å². The molecule has 1 heterocycles. The molecule has 1 aromatic heterocycles. The third-order valence-corrected chi connectivity index (χ3v) is 3.87. The highest BCUT2D eigenvalue weighted by Gasteiger charge is 2.29. The monoisotopic (exact) mass is 316 g/mol. The van der Waals surface area contributed by atoms with Gasteiger partial charge in [0.25, 0.3) is 5.91 Å². The van der Waals surface area contributed by atoms with Gasteiger partial charge in [-0.1, -0.05) is 21.1 Å². The molecule has 0 radical (unpaired) electrons. The number of carbonyl (C=O) groups is 1. The summed E-state index contributed by atoms with van der Waals surface area (Å²) in [7, 11) is 3.37. The van der Waals surface area contributed by atoms with Crippen LogP contribution in [0, 0.1) is 5.92 Å². The van der Waals surface area contributed by atoms with Crippen molar-refractivity contribution in [2.45, 2.75) is 24.3 Å². The van der Waals surface area contributed by atoms with Crippen LogP contribution < -0.4 is 0 Å². The van der Waals surface area contributed by atoms with Crippen LogP contribution in [-0.4, -0.2) is 41.5 Å². The van der Waals surface area contributed by atoms with Crippen LogP contribution in [0.15, 0.2) is 10.6 Å². The van der Waals surface area contributed by atoms with Gasteiger partial charge in [0, 0.05) is 31.6 Å². The summed E-state index contributed by atoms with van der Waals surface area (Å²) in [6, 6.07) is 1.64. The number of alkyl halides is 1. The highest BCUT2D eigenvalue weighted by Crippen LogP contribution is 2.33. The Morgan fingerprint density at radius 1 is 1.67 bits per heavy atom. The van der Waals surface area contributed by atoms with Gasteiger partial charge in [-0.25, -0.2) is 0 Å². The van der Waals surface area contributed by atoms with Crippen molar-refractivity contribution in [2.75, 3.05) is 20.7 Å². The molecular weight excluding hydrogens is 300 g/mol. The summed E-state index contributed by atoms with van der Waals surface area (Å²) >= 11 is 3.55. The van der Waals surface area contributed by atoms with Gasteiger partial charge in [-0.05, 0) is 18.8 Å². The highest BCUT2D eigenvalue weighted by molar-refractivity contribution is 9.09. The first-order valence-corrected chi connectivity index (χ1v) is 6.85. The van der Waals surface area contributed by atoms with E-state index in [4.69, 9.17) is 9.26 Å². The average Bonchev–Trinajstić information content (AvgIpc) is 2.75. The smallest absolute Gasteiger partial charge is 0.275 e. The van der Waals surface area contributed by atoms with Gasteiger partial charge in [-0.15, -0.1) is 0 Å². The second kappa shape index (κ2) is 5.84. The zero-order valence-electron chi connectivity index (χ0n) is 10.6. The second-order valence-electron chi connectivity index (χ2n) is 4.73. The SMILES string of the molecule is COCc1cc(C(=O)N(C)CC2CC(Br)C2)no1. The zero-order chi connectivity index (χ0) is 13.1. The zero-order valence-corrected chi connectivity index (χ0v) is 12.1. The van der Waals surface area contributed by atoms with Gasteiger partial charge in [0.15, 0.2) is 11.5 Å². The number of hydrogen-bond donors (Lipinski definition) is 0. The van der Waals surface area contributed by atoms with Gasteiger partial charge in [0.1, 0.15) is 6.61 Å². The predicted molar refractivity (Wildman–Crippen MR) is 69.6 cm³/mol. The van der Waals surface area contributed by atoms with E-state index >= 15 is 0 Å². The number of aromatic nitrogens is 1. The second-order valence-corrected chi connectivity index (χ2v) is 6.03. The molecule has 1 amide bonds. The predicted octanol–water partition coefficient (Wildman–Crippen LogP) is 2.07. The van der Waals surface area contributed by atoms with Crippen LogP contribution in [0.5, 0.6) is 0 Å². The maximum absolute atomic E-state index is 12.1. The summed E-state index contributed by atoms with van der Waals surface area (Å²) in [5, 5.41) is 3.77. The number of methoxy groups -OCH3 is 1. The summed E-state index contributed by atoms with van der Waals surface area (Å²) in [4.78, 5) is 14.4. The Balaban J connectivity index is 1.88. The van der Waals surface area contributed by atoms with Crippen molar-refractivity contribution in [2.24, 2.45) is 5.92 Å². The fourth-order valence-electron chi connectivity index (χ4n) is 2.09. The van der Waals surface area contributed by atoms with E-state index in [1.807, 2.05) is 0 Å². The number of carbonyl (C=O) groups excluding carboxylic acids is 1. The van der Waals surface area contributed by atoms with E-state index in [1.165, 1.54) is 0 Å². The van der Waals surface area contributed by atoms with Crippen molar-refractivity contribution in [3.63, 3.8) is 0 Å². The molecule has 0 unspecified atom stereocenters. The minimum absolute atomic E-state index is 0.0980. The van der Waals surface area contributed by atoms with Gasteiger partial charge < -0.3 is 14.2 Å². The van der Waals surface area contributed by atoms with Crippen LogP contribution >= 0.6 is 15.9 Å². The van der Waals surface area contributed by atoms with Crippen LogP contribution in [0.25, 0.3) is 0 Å². The van der Waals surface area contributed by atoms with Gasteiger partial charge in [0.05, 0.1) is 0 Å². The fraction of sp³-hybridized carbons (Fsp3) is 0.667. The molecule has 18 heavy (non-hydrogen) atoms. The molecule has 1 aromatic rings. The molecule has 0 bridgehead atoms. The number of amides is 1. The molecule has 1 saturated carbocycles. The van der Waals surface area contributed by atoms with Crippen molar-refractivity contribution in [3.05, 3.63) is 17.5 Å². The average molecular weight is 317 g/mol. The minimum Gasteiger partial charge on any atom is -0.377 e. The maximum Gasteiger partial charge on any atom is 0.275 e. The summed E-state index contributed by atoms with van der Waals surface area (Å²) in [5.41, 5.74) is 0.347. The lowest BCUT2D eigenvalue weighted by Gasteiger charge is -2.34. The third-order valence-electron chi connectivity index (χ3n) is 3.12. The largest absolute Gasteiger partial charge is 0.377 e. The Bertz CT molecular complexity index is 415. The van der Waals surface area contributed by atoms with E-state index in [-0.39, 0.29) is 5.91 Å². The van der Waals surface area contributed by atoms with Crippen molar-refractivity contribution >= 4 is 21.8 Å². The summed E-state index contributed by atoms with van der Waals surface area (Å²) < 4.78 is 9.93. The molecule has 0 aromatic carbocycles. The first kappa shape index (κ1) is 13.5. The minimum atomic E-state index is -0.0980. The number of rotatable bonds is 5. The first-order chi connectivity index (χ1) is 8.60. The van der Waals surface area contributed by atoms with E-state index < -0.39 is 0 Å². The fourth-order valence-corrected chi connectivity index (χ4v) is 3.15. The topological polar surface area (TPSA) is 55.6 Å². The van der Waals surface area contributed by atoms with E-state index in [0.717, 1.165) is 19.4 Å². The Morgan fingerprint density at radius 2 is 2.39 bits per heavy atom. The van der Waals surface area contributed by atoms with E-state index in [2.05, 4.69) is 21.1 Å². The number of hydrogen-bond acceptors (Lipinski definition) is 4. The normalized spacial score (nSPS) is 22.6. The number of nitrogens with zero attached hydrogens (tertiary/aromatic N) is 2. The third kappa shape index (κ3) is 3.11. The van der Waals surface area contributed by atoms with Crippen molar-refractivity contribution in [3.8, 4) is 0 Å². The molecule has 0 saturated heterocycles. The summed E-state index contributed by atoms with van der Waals surface area (Å²) in [6.45, 7) is 1.10. The number of ether oxygens (including phenoxy) is 1. The van der Waals surface area contributed by atoms with Crippen LogP contribution in [-0.2, 0) is 11.3 Å². The van der Waals surface area contributed by atoms with Crippen molar-refractivity contribution in [1.29, 1.82) is 0 Å². The van der Waals surface area contributed by atoms with E-state index in [9.17, 15) is 4.79 Å². The van der Waals surface area contributed by atoms with Crippen LogP contribution in [0.3, 0.4) is 0 Å². The Labute approximate surface area is 115 Å². The standard InChI is InChI=1S/C12H17BrN2O3/c1-15(6-8-3-9(13)4-8)12(16)11-5-10(7-17-2)18-14-11/h5,8-9H,3-4,6-7H2,1-2H3. The quantitative estimate of drug-likeness (QED) is 0.780. The summed E-state index contributed by atoms with van der Waals surface area (Å²) in [5.74, 6) is 1.06. The molecule has 0 N–H and O–H groups in total. The van der Waals surface area contributed by atoms with E-state index in [1.54, 1.807) is 25.1 Å². The van der Waals surface area contributed by atoms with E-state index in [0.29, 0.717) is 28.8 Å². The van der Waals surface area contributed by atoms with Gasteiger partial charge in [-0.3, -0.25) is 4.79 Å². The molecule has 100 valence electrons. The van der Waals surface area contributed by atoms with Crippen LogP contribution in [0.4, 0.5) is 0 Å². The lowest BCUT2D eigenvalue weighted by atomic mass is 9.85. The Kier molecular flexibility index (Phi) is 4.40. The maximum atomic E-state index is 12.1. The number of halogens is 1. The Hall–Kier alpha value is -0.880. The Morgan fingerprint density at radius 3 is 3.00 bits per heavy atom. The summed E-state index contributed by atoms with van der Waals surface area (Å²) in [6.07, 6.45) is 2.26. The molecule has 1 fully saturated rings. The van der Waals surface area contributed by atoms with Crippen LogP contribution in [0.2, 0.25) is 0 Å². The lowest BCUT2D eigenvalue weighted by molar-refractivity contribution is 0.0738. The first-order valence-electron chi connectivity index (χ1n) is 5.94. The molecular formula is C12H17BrN2O3. The van der Waals surface area contributed by atoms with Gasteiger partial charge in [0.2, 0.25) is 0 Å². The molecule has 5 nitrogen and oxygen atoms in total. The highest BCUT2D eigenvalue weighted by atomic mass is 79.9. The van der Waals surface area contributed by atoms with Crippen molar-refractivity contribution in [1.82, 2.24) is 10.1 Å². The van der Waals surface area contributed by atoms with Gasteiger partial charge >= 0.3 is 0 Å².